The number of nitrogens with one attached hydrogen (secondary N) is 1. The molecule has 136 valence electrons. The molecule has 1 aliphatic rings. The van der Waals surface area contributed by atoms with Crippen molar-refractivity contribution in [3.63, 3.8) is 0 Å². The van der Waals surface area contributed by atoms with Crippen molar-refractivity contribution in [2.24, 2.45) is 0 Å². The van der Waals surface area contributed by atoms with Gasteiger partial charge in [-0.1, -0.05) is 18.2 Å². The van der Waals surface area contributed by atoms with Gasteiger partial charge < -0.3 is 20.7 Å². The maximum Gasteiger partial charge on any atom is 0.337 e. The lowest BCUT2D eigenvalue weighted by Crippen LogP contribution is -2.17. The molecule has 0 spiro atoms. The summed E-state index contributed by atoms with van der Waals surface area (Å²) in [6, 6.07) is 15.2. The lowest BCUT2D eigenvalue weighted by molar-refractivity contribution is 0.0601. The average molecular weight is 361 g/mol. The highest BCUT2D eigenvalue weighted by molar-refractivity contribution is 5.90. The molecular formula is C20H19N5O2. The fraction of sp³-hybridized carbons (Fsp3) is 0.150. The first-order valence-electron chi connectivity index (χ1n) is 8.58. The van der Waals surface area contributed by atoms with Crippen LogP contribution in [-0.4, -0.2) is 29.6 Å². The predicted octanol–water partition coefficient (Wildman–Crippen LogP) is 3.28. The van der Waals surface area contributed by atoms with Gasteiger partial charge in [-0.2, -0.15) is 0 Å². The third-order valence-corrected chi connectivity index (χ3v) is 4.57. The summed E-state index contributed by atoms with van der Waals surface area (Å²) >= 11 is 0. The summed E-state index contributed by atoms with van der Waals surface area (Å²) in [5, 5.41) is 3.19. The van der Waals surface area contributed by atoms with Crippen LogP contribution in [0.3, 0.4) is 0 Å². The number of anilines is 5. The number of methoxy groups -OCH3 is 1. The lowest BCUT2D eigenvalue weighted by Gasteiger charge is -2.21. The van der Waals surface area contributed by atoms with Crippen molar-refractivity contribution in [3.05, 3.63) is 66.0 Å². The highest BCUT2D eigenvalue weighted by Gasteiger charge is 2.24. The second kappa shape index (κ2) is 6.95. The minimum absolute atomic E-state index is 0.377. The first-order valence-corrected chi connectivity index (χ1v) is 8.58. The summed E-state index contributed by atoms with van der Waals surface area (Å²) in [6.45, 7) is 0.827. The number of hydrogen-bond acceptors (Lipinski definition) is 7. The highest BCUT2D eigenvalue weighted by Crippen LogP contribution is 2.38. The zero-order chi connectivity index (χ0) is 18.8. The number of nitrogen functional groups attached to an aromatic ring is 1. The number of benzene rings is 2. The van der Waals surface area contributed by atoms with Crippen LogP contribution in [0.1, 0.15) is 15.9 Å². The molecule has 7 nitrogen and oxygen atoms in total. The molecule has 3 N–H and O–H groups in total. The Morgan fingerprint density at radius 3 is 2.70 bits per heavy atom. The largest absolute Gasteiger partial charge is 0.465 e. The fourth-order valence-electron chi connectivity index (χ4n) is 3.20. The Labute approximate surface area is 156 Å². The number of nitrogens with zero attached hydrogens (tertiary/aromatic N) is 3. The summed E-state index contributed by atoms with van der Waals surface area (Å²) in [5.74, 6) is 0.830. The third kappa shape index (κ3) is 3.15. The molecule has 2 aromatic carbocycles. The zero-order valence-electron chi connectivity index (χ0n) is 14.8. The average Bonchev–Trinajstić information content (AvgIpc) is 3.13. The minimum atomic E-state index is -0.377. The molecule has 0 fully saturated rings. The van der Waals surface area contributed by atoms with Gasteiger partial charge in [0.15, 0.2) is 11.6 Å². The van der Waals surface area contributed by atoms with Gasteiger partial charge in [-0.3, -0.25) is 0 Å². The van der Waals surface area contributed by atoms with E-state index in [1.165, 1.54) is 19.0 Å². The van der Waals surface area contributed by atoms with Crippen LogP contribution in [0.2, 0.25) is 0 Å². The van der Waals surface area contributed by atoms with Crippen LogP contribution in [0.4, 0.5) is 28.7 Å². The Bertz CT molecular complexity index is 988. The molecule has 27 heavy (non-hydrogen) atoms. The zero-order valence-corrected chi connectivity index (χ0v) is 14.8. The van der Waals surface area contributed by atoms with E-state index in [4.69, 9.17) is 10.5 Å². The van der Waals surface area contributed by atoms with Crippen molar-refractivity contribution < 1.29 is 9.53 Å². The number of rotatable bonds is 4. The van der Waals surface area contributed by atoms with E-state index in [1.54, 1.807) is 24.3 Å². The molecule has 1 aromatic heterocycles. The van der Waals surface area contributed by atoms with Gasteiger partial charge in [-0.15, -0.1) is 0 Å². The van der Waals surface area contributed by atoms with E-state index < -0.39 is 0 Å². The van der Waals surface area contributed by atoms with Gasteiger partial charge in [-0.25, -0.2) is 14.8 Å². The Balaban J connectivity index is 1.61. The van der Waals surface area contributed by atoms with Crippen LogP contribution in [0, 0.1) is 0 Å². The molecular weight excluding hydrogens is 342 g/mol. The van der Waals surface area contributed by atoms with E-state index in [-0.39, 0.29) is 5.97 Å². The van der Waals surface area contributed by atoms with Gasteiger partial charge in [-0.05, 0) is 42.3 Å². The van der Waals surface area contributed by atoms with Crippen molar-refractivity contribution in [2.75, 3.05) is 29.6 Å². The normalized spacial score (nSPS) is 12.6. The number of ether oxygens (including phenoxy) is 1. The number of carbonyl (C=O) groups is 1. The van der Waals surface area contributed by atoms with Crippen LogP contribution in [-0.2, 0) is 11.2 Å². The summed E-state index contributed by atoms with van der Waals surface area (Å²) in [6.07, 6.45) is 2.45. The van der Waals surface area contributed by atoms with Gasteiger partial charge in [0.1, 0.15) is 12.0 Å². The van der Waals surface area contributed by atoms with E-state index in [2.05, 4.69) is 32.3 Å². The van der Waals surface area contributed by atoms with Crippen molar-refractivity contribution in [3.8, 4) is 0 Å². The van der Waals surface area contributed by atoms with Gasteiger partial charge in [0, 0.05) is 17.9 Å². The van der Waals surface area contributed by atoms with Gasteiger partial charge in [0.25, 0.3) is 0 Å². The Hall–Kier alpha value is -3.61. The third-order valence-electron chi connectivity index (χ3n) is 4.57. The molecule has 0 atom stereocenters. The number of esters is 1. The monoisotopic (exact) mass is 361 g/mol. The molecule has 1 aliphatic heterocycles. The van der Waals surface area contributed by atoms with Crippen molar-refractivity contribution in [1.82, 2.24) is 9.97 Å². The number of nitrogens with two attached hydrogens (primary N) is 1. The SMILES string of the molecule is COC(=O)c1ccc(Nc2ncnc(N3CCc4ccccc43)c2N)cc1. The molecule has 0 amide bonds. The molecule has 0 aliphatic carbocycles. The summed E-state index contributed by atoms with van der Waals surface area (Å²) < 4.78 is 4.71. The molecule has 7 heteroatoms. The van der Waals surface area contributed by atoms with Crippen LogP contribution in [0.15, 0.2) is 54.9 Å². The van der Waals surface area contributed by atoms with Crippen LogP contribution >= 0.6 is 0 Å². The molecule has 3 aromatic rings. The van der Waals surface area contributed by atoms with Crippen LogP contribution in [0.5, 0.6) is 0 Å². The Morgan fingerprint density at radius 2 is 1.93 bits per heavy atom. The second-order valence-electron chi connectivity index (χ2n) is 6.18. The summed E-state index contributed by atoms with van der Waals surface area (Å²) in [4.78, 5) is 22.3. The predicted molar refractivity (Wildman–Crippen MR) is 105 cm³/mol. The van der Waals surface area contributed by atoms with E-state index in [0.717, 1.165) is 24.3 Å². The Kier molecular flexibility index (Phi) is 4.33. The number of para-hydroxylation sites is 1. The van der Waals surface area contributed by atoms with E-state index in [0.29, 0.717) is 22.9 Å². The smallest absolute Gasteiger partial charge is 0.337 e. The standard InChI is InChI=1S/C20H19N5O2/c1-27-20(26)14-6-8-15(9-7-14)24-18-17(21)19(23-12-22-18)25-11-10-13-4-2-3-5-16(13)25/h2-9,12H,10-11,21H2,1H3,(H,22,23,24). The van der Waals surface area contributed by atoms with Gasteiger partial charge in [0.05, 0.1) is 12.7 Å². The number of hydrogen-bond donors (Lipinski definition) is 2. The lowest BCUT2D eigenvalue weighted by atomic mass is 10.2. The molecule has 2 heterocycles. The second-order valence-corrected chi connectivity index (χ2v) is 6.18. The van der Waals surface area contributed by atoms with Crippen molar-refractivity contribution in [1.29, 1.82) is 0 Å². The number of aromatic nitrogens is 2. The molecule has 0 radical (unpaired) electrons. The number of carbonyl (C=O) groups excluding carboxylic acids is 1. The molecule has 0 bridgehead atoms. The summed E-state index contributed by atoms with van der Waals surface area (Å²) in [7, 11) is 1.36. The molecule has 4 rings (SSSR count). The van der Waals surface area contributed by atoms with E-state index in [1.807, 2.05) is 12.1 Å². The van der Waals surface area contributed by atoms with Gasteiger partial charge >= 0.3 is 5.97 Å². The molecule has 0 unspecified atom stereocenters. The molecule has 0 saturated heterocycles. The first kappa shape index (κ1) is 16.8. The highest BCUT2D eigenvalue weighted by atomic mass is 16.5. The van der Waals surface area contributed by atoms with Crippen molar-refractivity contribution >= 4 is 34.7 Å². The maximum absolute atomic E-state index is 11.5. The molecule has 0 saturated carbocycles. The topological polar surface area (TPSA) is 93.4 Å². The fourth-order valence-corrected chi connectivity index (χ4v) is 3.20. The van der Waals surface area contributed by atoms with E-state index >= 15 is 0 Å². The van der Waals surface area contributed by atoms with Gasteiger partial charge in [0.2, 0.25) is 0 Å². The first-order chi connectivity index (χ1) is 13.2. The number of fused-ring (bicyclic) bond motifs is 1. The maximum atomic E-state index is 11.5. The van der Waals surface area contributed by atoms with E-state index in [9.17, 15) is 4.79 Å². The quantitative estimate of drug-likeness (QED) is 0.689. The summed E-state index contributed by atoms with van der Waals surface area (Å²) in [5.41, 5.74) is 10.5. The van der Waals surface area contributed by atoms with Crippen LogP contribution < -0.4 is 16.0 Å². The van der Waals surface area contributed by atoms with Crippen LogP contribution in [0.25, 0.3) is 0 Å². The Morgan fingerprint density at radius 1 is 1.15 bits per heavy atom. The minimum Gasteiger partial charge on any atom is -0.465 e. The van der Waals surface area contributed by atoms with Crippen molar-refractivity contribution in [2.45, 2.75) is 6.42 Å².